The molecule has 2 amide bonds. The van der Waals surface area contributed by atoms with Crippen molar-refractivity contribution in [3.63, 3.8) is 0 Å². The van der Waals surface area contributed by atoms with Gasteiger partial charge < -0.3 is 15.7 Å². The van der Waals surface area contributed by atoms with Crippen LogP contribution in [0.1, 0.15) is 19.0 Å². The first-order valence-electron chi connectivity index (χ1n) is 5.69. The first kappa shape index (κ1) is 14.5. The largest absolute Gasteiger partial charge is 0.481 e. The first-order chi connectivity index (χ1) is 9.01. The van der Waals surface area contributed by atoms with Crippen LogP contribution in [0.5, 0.6) is 0 Å². The zero-order valence-corrected chi connectivity index (χ0v) is 10.5. The molecule has 100 valence electrons. The number of carboxylic acids is 1. The molecule has 1 aromatic rings. The Morgan fingerprint density at radius 3 is 2.79 bits per heavy atom. The summed E-state index contributed by atoms with van der Waals surface area (Å²) in [6.07, 6.45) is 6.84. The minimum Gasteiger partial charge on any atom is -0.481 e. The predicted octanol–water partition coefficient (Wildman–Crippen LogP) is 1.24. The molecule has 1 atom stereocenters. The van der Waals surface area contributed by atoms with Crippen molar-refractivity contribution in [1.29, 1.82) is 0 Å². The SMILES string of the molecule is C#CCC(C)NC(=O)Nc1ccc(CC(=O)O)nc1. The summed E-state index contributed by atoms with van der Waals surface area (Å²) in [6, 6.07) is 2.64. The lowest BCUT2D eigenvalue weighted by molar-refractivity contribution is -0.136. The van der Waals surface area contributed by atoms with Gasteiger partial charge in [0.2, 0.25) is 0 Å². The van der Waals surface area contributed by atoms with Crippen molar-refractivity contribution in [3.8, 4) is 12.3 Å². The van der Waals surface area contributed by atoms with Crippen molar-refractivity contribution >= 4 is 17.7 Å². The second-order valence-electron chi connectivity index (χ2n) is 4.02. The monoisotopic (exact) mass is 261 g/mol. The van der Waals surface area contributed by atoms with Crippen LogP contribution in [-0.4, -0.2) is 28.1 Å². The topological polar surface area (TPSA) is 91.3 Å². The Balaban J connectivity index is 2.51. The molecule has 6 heteroatoms. The van der Waals surface area contributed by atoms with E-state index >= 15 is 0 Å². The van der Waals surface area contributed by atoms with Gasteiger partial charge in [0.15, 0.2) is 0 Å². The molecule has 0 aliphatic rings. The number of urea groups is 1. The van der Waals surface area contributed by atoms with Crippen LogP contribution in [0.15, 0.2) is 18.3 Å². The van der Waals surface area contributed by atoms with Crippen LogP contribution >= 0.6 is 0 Å². The number of hydrogen-bond acceptors (Lipinski definition) is 3. The normalized spacial score (nSPS) is 11.2. The zero-order chi connectivity index (χ0) is 14.3. The van der Waals surface area contributed by atoms with E-state index in [4.69, 9.17) is 11.5 Å². The summed E-state index contributed by atoms with van der Waals surface area (Å²) in [4.78, 5) is 26.0. The van der Waals surface area contributed by atoms with Gasteiger partial charge in [-0.05, 0) is 19.1 Å². The number of nitrogens with one attached hydrogen (secondary N) is 2. The molecule has 0 aliphatic carbocycles. The average Bonchev–Trinajstić information content (AvgIpc) is 2.31. The molecule has 0 saturated carbocycles. The van der Waals surface area contributed by atoms with Gasteiger partial charge in [-0.15, -0.1) is 12.3 Å². The number of aromatic nitrogens is 1. The molecule has 0 radical (unpaired) electrons. The Hall–Kier alpha value is -2.55. The summed E-state index contributed by atoms with van der Waals surface area (Å²) in [5.41, 5.74) is 0.915. The highest BCUT2D eigenvalue weighted by molar-refractivity contribution is 5.89. The van der Waals surface area contributed by atoms with Crippen molar-refractivity contribution < 1.29 is 14.7 Å². The molecule has 1 heterocycles. The predicted molar refractivity (Wildman–Crippen MR) is 70.6 cm³/mol. The summed E-state index contributed by atoms with van der Waals surface area (Å²) < 4.78 is 0. The highest BCUT2D eigenvalue weighted by Crippen LogP contribution is 2.06. The number of carboxylic acid groups (broad SMARTS) is 1. The molecule has 0 spiro atoms. The summed E-state index contributed by atoms with van der Waals surface area (Å²) >= 11 is 0. The molecule has 0 fully saturated rings. The Kier molecular flexibility index (Phi) is 5.35. The number of carbonyl (C=O) groups is 2. The molecule has 0 aromatic carbocycles. The van der Waals surface area contributed by atoms with E-state index in [1.807, 2.05) is 0 Å². The van der Waals surface area contributed by atoms with E-state index in [2.05, 4.69) is 21.5 Å². The van der Waals surface area contributed by atoms with E-state index in [0.717, 1.165) is 0 Å². The Labute approximate surface area is 111 Å². The number of hydrogen-bond donors (Lipinski definition) is 3. The Bertz CT molecular complexity index is 491. The highest BCUT2D eigenvalue weighted by atomic mass is 16.4. The van der Waals surface area contributed by atoms with E-state index in [9.17, 15) is 9.59 Å². The minimum absolute atomic E-state index is 0.121. The Morgan fingerprint density at radius 1 is 1.53 bits per heavy atom. The molecule has 1 rings (SSSR count). The lowest BCUT2D eigenvalue weighted by Crippen LogP contribution is -2.35. The second-order valence-corrected chi connectivity index (χ2v) is 4.02. The first-order valence-corrected chi connectivity index (χ1v) is 5.69. The number of aliphatic carboxylic acids is 1. The van der Waals surface area contributed by atoms with Crippen LogP contribution in [0.2, 0.25) is 0 Å². The lowest BCUT2D eigenvalue weighted by Gasteiger charge is -2.12. The minimum atomic E-state index is -0.950. The molecular formula is C13H15N3O3. The van der Waals surface area contributed by atoms with Gasteiger partial charge in [-0.25, -0.2) is 4.79 Å². The van der Waals surface area contributed by atoms with Gasteiger partial charge in [0.1, 0.15) is 0 Å². The number of carbonyl (C=O) groups excluding carboxylic acids is 1. The summed E-state index contributed by atoms with van der Waals surface area (Å²) in [5.74, 6) is 1.50. The molecule has 6 nitrogen and oxygen atoms in total. The number of pyridine rings is 1. The van der Waals surface area contributed by atoms with Gasteiger partial charge in [-0.2, -0.15) is 0 Å². The maximum absolute atomic E-state index is 11.5. The fourth-order valence-corrected chi connectivity index (χ4v) is 1.38. The lowest BCUT2D eigenvalue weighted by atomic mass is 10.2. The molecule has 1 unspecified atom stereocenters. The number of amides is 2. The molecule has 0 saturated heterocycles. The van der Waals surface area contributed by atoms with E-state index in [0.29, 0.717) is 17.8 Å². The second kappa shape index (κ2) is 7.01. The van der Waals surface area contributed by atoms with Gasteiger partial charge in [0.25, 0.3) is 0 Å². The van der Waals surface area contributed by atoms with E-state index in [-0.39, 0.29) is 18.5 Å². The third kappa shape index (κ3) is 5.55. The number of terminal acetylenes is 1. The van der Waals surface area contributed by atoms with Gasteiger partial charge in [0.05, 0.1) is 24.0 Å². The van der Waals surface area contributed by atoms with Crippen LogP contribution in [-0.2, 0) is 11.2 Å². The van der Waals surface area contributed by atoms with Crippen LogP contribution in [0.3, 0.4) is 0 Å². The smallest absolute Gasteiger partial charge is 0.319 e. The maximum Gasteiger partial charge on any atom is 0.319 e. The average molecular weight is 261 g/mol. The maximum atomic E-state index is 11.5. The number of nitrogens with zero attached hydrogens (tertiary/aromatic N) is 1. The van der Waals surface area contributed by atoms with Crippen molar-refractivity contribution in [3.05, 3.63) is 24.0 Å². The summed E-state index contributed by atoms with van der Waals surface area (Å²) in [6.45, 7) is 1.80. The van der Waals surface area contributed by atoms with E-state index < -0.39 is 5.97 Å². The molecule has 19 heavy (non-hydrogen) atoms. The zero-order valence-electron chi connectivity index (χ0n) is 10.5. The van der Waals surface area contributed by atoms with Gasteiger partial charge in [-0.1, -0.05) is 0 Å². The van der Waals surface area contributed by atoms with Crippen LogP contribution in [0.4, 0.5) is 10.5 Å². The standard InChI is InChI=1S/C13H15N3O3/c1-3-4-9(2)15-13(19)16-11-6-5-10(14-8-11)7-12(17)18/h1,5-6,8-9H,4,7H2,2H3,(H,17,18)(H2,15,16,19). The molecule has 1 aromatic heterocycles. The quantitative estimate of drug-likeness (QED) is 0.695. The van der Waals surface area contributed by atoms with Gasteiger partial charge in [0, 0.05) is 12.5 Å². The van der Waals surface area contributed by atoms with Crippen molar-refractivity contribution in [2.75, 3.05) is 5.32 Å². The fourth-order valence-electron chi connectivity index (χ4n) is 1.38. The summed E-state index contributed by atoms with van der Waals surface area (Å²) in [7, 11) is 0. The number of rotatable bonds is 5. The fraction of sp³-hybridized carbons (Fsp3) is 0.308. The van der Waals surface area contributed by atoms with Gasteiger partial charge >= 0.3 is 12.0 Å². The van der Waals surface area contributed by atoms with Crippen molar-refractivity contribution in [2.45, 2.75) is 25.8 Å². The Morgan fingerprint density at radius 2 is 2.26 bits per heavy atom. The third-order valence-corrected chi connectivity index (χ3v) is 2.22. The molecule has 0 bridgehead atoms. The molecule has 3 N–H and O–H groups in total. The van der Waals surface area contributed by atoms with Gasteiger partial charge in [-0.3, -0.25) is 9.78 Å². The number of anilines is 1. The third-order valence-electron chi connectivity index (χ3n) is 2.22. The van der Waals surface area contributed by atoms with Crippen LogP contribution in [0, 0.1) is 12.3 Å². The van der Waals surface area contributed by atoms with Crippen LogP contribution < -0.4 is 10.6 Å². The molecular weight excluding hydrogens is 246 g/mol. The summed E-state index contributed by atoms with van der Waals surface area (Å²) in [5, 5.41) is 13.8. The van der Waals surface area contributed by atoms with Crippen molar-refractivity contribution in [2.24, 2.45) is 0 Å². The van der Waals surface area contributed by atoms with E-state index in [1.54, 1.807) is 19.1 Å². The highest BCUT2D eigenvalue weighted by Gasteiger charge is 2.07. The van der Waals surface area contributed by atoms with Crippen LogP contribution in [0.25, 0.3) is 0 Å². The van der Waals surface area contributed by atoms with E-state index in [1.165, 1.54) is 6.20 Å². The van der Waals surface area contributed by atoms with Crippen molar-refractivity contribution in [1.82, 2.24) is 10.3 Å². The molecule has 0 aliphatic heterocycles.